The van der Waals surface area contributed by atoms with Gasteiger partial charge in [-0.15, -0.1) is 0 Å². The van der Waals surface area contributed by atoms with Crippen molar-refractivity contribution in [1.29, 1.82) is 0 Å². The number of carboxylic acid groups (broad SMARTS) is 1. The van der Waals surface area contributed by atoms with Crippen molar-refractivity contribution in [1.82, 2.24) is 4.90 Å². The van der Waals surface area contributed by atoms with Crippen LogP contribution in [0.5, 0.6) is 0 Å². The molecule has 1 aromatic carbocycles. The number of carboxylic acids is 1. The van der Waals surface area contributed by atoms with Gasteiger partial charge >= 0.3 is 18.2 Å². The van der Waals surface area contributed by atoms with Gasteiger partial charge < -0.3 is 20.3 Å². The maximum Gasteiger partial charge on any atom is 0.420 e. The SMILES string of the molecule is CC(C)(C)OC(=O)N(C(=O)OC(C)(C)C)[C@@H](Cc1ccc(N)cc1)C(=O)O. The number of imide groups is 1. The lowest BCUT2D eigenvalue weighted by atomic mass is 10.0. The van der Waals surface area contributed by atoms with E-state index in [0.717, 1.165) is 0 Å². The lowest BCUT2D eigenvalue weighted by molar-refractivity contribution is -0.143. The number of amides is 2. The van der Waals surface area contributed by atoms with Gasteiger partial charge in [0.05, 0.1) is 0 Å². The van der Waals surface area contributed by atoms with Gasteiger partial charge in [0.1, 0.15) is 17.2 Å². The summed E-state index contributed by atoms with van der Waals surface area (Å²) in [5.41, 5.74) is 4.91. The molecule has 0 aliphatic carbocycles. The summed E-state index contributed by atoms with van der Waals surface area (Å²) in [6.45, 7) is 9.71. The van der Waals surface area contributed by atoms with Crippen molar-refractivity contribution in [3.63, 3.8) is 0 Å². The molecular formula is C19H28N2O6. The van der Waals surface area contributed by atoms with E-state index in [1.807, 2.05) is 0 Å². The second-order valence-corrected chi connectivity index (χ2v) is 8.13. The number of benzene rings is 1. The Morgan fingerprint density at radius 2 is 1.37 bits per heavy atom. The summed E-state index contributed by atoms with van der Waals surface area (Å²) in [6, 6.07) is 4.98. The number of rotatable bonds is 4. The smallest absolute Gasteiger partial charge is 0.420 e. The molecule has 2 amide bonds. The average molecular weight is 380 g/mol. The summed E-state index contributed by atoms with van der Waals surface area (Å²) in [7, 11) is 0. The fourth-order valence-electron chi connectivity index (χ4n) is 2.12. The van der Waals surface area contributed by atoms with E-state index in [0.29, 0.717) is 16.2 Å². The van der Waals surface area contributed by atoms with E-state index in [-0.39, 0.29) is 6.42 Å². The summed E-state index contributed by atoms with van der Waals surface area (Å²) in [6.07, 6.45) is -2.28. The quantitative estimate of drug-likeness (QED) is 0.768. The van der Waals surface area contributed by atoms with Crippen molar-refractivity contribution in [2.45, 2.75) is 65.2 Å². The molecule has 1 atom stereocenters. The molecule has 0 bridgehead atoms. The van der Waals surface area contributed by atoms with Crippen LogP contribution in [0.1, 0.15) is 47.1 Å². The van der Waals surface area contributed by atoms with Gasteiger partial charge in [-0.3, -0.25) is 0 Å². The summed E-state index contributed by atoms with van der Waals surface area (Å²) in [5.74, 6) is -1.36. The third kappa shape index (κ3) is 7.55. The first-order chi connectivity index (χ1) is 12.2. The van der Waals surface area contributed by atoms with Crippen LogP contribution in [0.15, 0.2) is 24.3 Å². The van der Waals surface area contributed by atoms with Gasteiger partial charge in [-0.1, -0.05) is 12.1 Å². The molecule has 0 aromatic heterocycles. The molecule has 1 aromatic rings. The molecule has 150 valence electrons. The van der Waals surface area contributed by atoms with Crippen molar-refractivity contribution in [3.8, 4) is 0 Å². The minimum absolute atomic E-state index is 0.117. The van der Waals surface area contributed by atoms with E-state index in [1.165, 1.54) is 0 Å². The summed E-state index contributed by atoms with van der Waals surface area (Å²) < 4.78 is 10.5. The van der Waals surface area contributed by atoms with Gasteiger partial charge in [0.2, 0.25) is 0 Å². The largest absolute Gasteiger partial charge is 0.480 e. The first-order valence-electron chi connectivity index (χ1n) is 8.52. The zero-order valence-electron chi connectivity index (χ0n) is 16.6. The Balaban J connectivity index is 3.24. The highest BCUT2D eigenvalue weighted by atomic mass is 16.6. The number of nitrogens with zero attached hydrogens (tertiary/aromatic N) is 1. The van der Waals surface area contributed by atoms with Crippen LogP contribution in [-0.2, 0) is 20.7 Å². The van der Waals surface area contributed by atoms with Crippen molar-refractivity contribution < 1.29 is 29.0 Å². The lowest BCUT2D eigenvalue weighted by Gasteiger charge is -2.31. The number of ether oxygens (including phenoxy) is 2. The number of carbonyl (C=O) groups excluding carboxylic acids is 2. The number of nitrogen functional groups attached to an aromatic ring is 1. The molecule has 0 unspecified atom stereocenters. The van der Waals surface area contributed by atoms with E-state index < -0.39 is 35.4 Å². The summed E-state index contributed by atoms with van der Waals surface area (Å²) >= 11 is 0. The number of carbonyl (C=O) groups is 3. The van der Waals surface area contributed by atoms with Crippen LogP contribution < -0.4 is 5.73 Å². The zero-order valence-corrected chi connectivity index (χ0v) is 16.6. The summed E-state index contributed by atoms with van der Waals surface area (Å²) in [5, 5.41) is 9.67. The Labute approximate surface area is 159 Å². The van der Waals surface area contributed by atoms with Crippen LogP contribution in [0.25, 0.3) is 0 Å². The van der Waals surface area contributed by atoms with Crippen molar-refractivity contribution in [3.05, 3.63) is 29.8 Å². The summed E-state index contributed by atoms with van der Waals surface area (Å²) in [4.78, 5) is 37.6. The van der Waals surface area contributed by atoms with Crippen LogP contribution in [0.4, 0.5) is 15.3 Å². The molecule has 8 nitrogen and oxygen atoms in total. The Bertz CT molecular complexity index is 658. The normalized spacial score (nSPS) is 12.8. The second kappa shape index (κ2) is 8.28. The van der Waals surface area contributed by atoms with E-state index in [1.54, 1.807) is 65.8 Å². The van der Waals surface area contributed by atoms with Gasteiger partial charge in [-0.25, -0.2) is 14.4 Å². The molecule has 0 radical (unpaired) electrons. The van der Waals surface area contributed by atoms with Gasteiger partial charge in [0.25, 0.3) is 0 Å². The standard InChI is InChI=1S/C19H28N2O6/c1-18(2,3)26-16(24)21(17(25)27-19(4,5)6)14(15(22)23)11-12-7-9-13(20)10-8-12/h7-10,14H,11,20H2,1-6H3,(H,22,23)/t14-/m0/s1. The molecule has 3 N–H and O–H groups in total. The Morgan fingerprint density at radius 1 is 0.963 bits per heavy atom. The number of hydrogen-bond acceptors (Lipinski definition) is 6. The van der Waals surface area contributed by atoms with E-state index >= 15 is 0 Å². The molecule has 1 rings (SSSR count). The van der Waals surface area contributed by atoms with Crippen LogP contribution in [0.3, 0.4) is 0 Å². The first-order valence-corrected chi connectivity index (χ1v) is 8.52. The van der Waals surface area contributed by atoms with Gasteiger partial charge in [0, 0.05) is 12.1 Å². The van der Waals surface area contributed by atoms with Crippen molar-refractivity contribution in [2.24, 2.45) is 0 Å². The monoisotopic (exact) mass is 380 g/mol. The Morgan fingerprint density at radius 3 is 1.70 bits per heavy atom. The fourth-order valence-corrected chi connectivity index (χ4v) is 2.12. The highest BCUT2D eigenvalue weighted by molar-refractivity contribution is 5.93. The van der Waals surface area contributed by atoms with Crippen LogP contribution in [0.2, 0.25) is 0 Å². The van der Waals surface area contributed by atoms with E-state index in [9.17, 15) is 19.5 Å². The van der Waals surface area contributed by atoms with Crippen molar-refractivity contribution >= 4 is 23.8 Å². The molecule has 0 saturated carbocycles. The predicted molar refractivity (Wildman–Crippen MR) is 100 cm³/mol. The lowest BCUT2D eigenvalue weighted by Crippen LogP contribution is -2.52. The maximum atomic E-state index is 12.6. The minimum Gasteiger partial charge on any atom is -0.480 e. The average Bonchev–Trinajstić information content (AvgIpc) is 2.44. The maximum absolute atomic E-state index is 12.6. The molecule has 27 heavy (non-hydrogen) atoms. The number of nitrogens with two attached hydrogens (primary N) is 1. The third-order valence-electron chi connectivity index (χ3n) is 3.19. The van der Waals surface area contributed by atoms with E-state index in [2.05, 4.69) is 0 Å². The molecule has 0 saturated heterocycles. The number of aliphatic carboxylic acids is 1. The number of anilines is 1. The minimum atomic E-state index is -1.50. The number of hydrogen-bond donors (Lipinski definition) is 2. The molecule has 0 heterocycles. The first kappa shape index (κ1) is 22.3. The fraction of sp³-hybridized carbons (Fsp3) is 0.526. The highest BCUT2D eigenvalue weighted by Gasteiger charge is 2.40. The van der Waals surface area contributed by atoms with Crippen LogP contribution >= 0.6 is 0 Å². The molecule has 0 fully saturated rings. The van der Waals surface area contributed by atoms with Gasteiger partial charge in [-0.2, -0.15) is 4.90 Å². The van der Waals surface area contributed by atoms with Gasteiger partial charge in [0.15, 0.2) is 0 Å². The second-order valence-electron chi connectivity index (χ2n) is 8.13. The zero-order chi connectivity index (χ0) is 21.0. The third-order valence-corrected chi connectivity index (χ3v) is 3.19. The Kier molecular flexibility index (Phi) is 6.83. The molecular weight excluding hydrogens is 352 g/mol. The predicted octanol–water partition coefficient (Wildman–Crippen LogP) is 3.44. The molecule has 8 heteroatoms. The Hall–Kier alpha value is -2.77. The van der Waals surface area contributed by atoms with Crippen LogP contribution in [-0.4, -0.2) is 45.4 Å². The van der Waals surface area contributed by atoms with E-state index in [4.69, 9.17) is 15.2 Å². The molecule has 0 aliphatic heterocycles. The topological polar surface area (TPSA) is 119 Å². The molecule has 0 aliphatic rings. The van der Waals surface area contributed by atoms with Crippen molar-refractivity contribution in [2.75, 3.05) is 5.73 Å². The molecule has 0 spiro atoms. The van der Waals surface area contributed by atoms with Gasteiger partial charge in [-0.05, 0) is 59.2 Å². The van der Waals surface area contributed by atoms with Crippen LogP contribution in [0, 0.1) is 0 Å². The highest BCUT2D eigenvalue weighted by Crippen LogP contribution is 2.19.